The van der Waals surface area contributed by atoms with Crippen LogP contribution in [0.3, 0.4) is 0 Å². The number of carbonyl (C=O) groups excluding carboxylic acids is 1. The van der Waals surface area contributed by atoms with Crippen molar-refractivity contribution in [1.29, 1.82) is 0 Å². The van der Waals surface area contributed by atoms with Crippen molar-refractivity contribution in [2.75, 3.05) is 7.11 Å². The fourth-order valence-corrected chi connectivity index (χ4v) is 2.52. The summed E-state index contributed by atoms with van der Waals surface area (Å²) in [6, 6.07) is 0. The number of allylic oxidation sites excluding steroid dienone is 2. The first-order valence-electron chi connectivity index (χ1n) is 5.34. The maximum Gasteiger partial charge on any atom is 0.214 e. The van der Waals surface area contributed by atoms with Gasteiger partial charge in [-0.25, -0.2) is 0 Å². The largest absolute Gasteiger partial charge is 0.361 e. The van der Waals surface area contributed by atoms with Gasteiger partial charge in [-0.05, 0) is 32.1 Å². The zero-order valence-corrected chi connectivity index (χ0v) is 9.52. The predicted molar refractivity (Wildman–Crippen MR) is 55.8 cm³/mol. The summed E-state index contributed by atoms with van der Waals surface area (Å²) in [6.07, 6.45) is 4.69. The summed E-state index contributed by atoms with van der Waals surface area (Å²) in [4.78, 5) is 11.4. The highest BCUT2D eigenvalue weighted by atomic mass is 16.7. The number of ketones is 1. The molecule has 16 heavy (non-hydrogen) atoms. The van der Waals surface area contributed by atoms with E-state index in [1.54, 1.807) is 19.3 Å². The molecule has 3 aliphatic rings. The first kappa shape index (κ1) is 10.2. The Hall–Kier alpha value is -0.970. The maximum atomic E-state index is 11.4. The van der Waals surface area contributed by atoms with Crippen LogP contribution in [-0.2, 0) is 19.0 Å². The van der Waals surface area contributed by atoms with Crippen LogP contribution in [0.4, 0.5) is 0 Å². The van der Waals surface area contributed by atoms with Gasteiger partial charge in [0, 0.05) is 12.7 Å². The van der Waals surface area contributed by atoms with Crippen LogP contribution >= 0.6 is 0 Å². The molecule has 0 amide bonds. The van der Waals surface area contributed by atoms with Crippen molar-refractivity contribution in [3.8, 4) is 0 Å². The van der Waals surface area contributed by atoms with Gasteiger partial charge in [-0.2, -0.15) is 0 Å². The standard InChI is InChI=1S/C12H14O4/c1-11(2)10-9(15-10)8-6-7(13)4-5-12(8,14-3)16-11/h4-6,9-10H,1-3H3/t9-,10-,12-/m1/s1. The van der Waals surface area contributed by atoms with Crippen LogP contribution in [0.5, 0.6) is 0 Å². The highest BCUT2D eigenvalue weighted by Crippen LogP contribution is 2.52. The normalized spacial score (nSPS) is 43.4. The van der Waals surface area contributed by atoms with Crippen LogP contribution in [0, 0.1) is 0 Å². The Bertz CT molecular complexity index is 421. The van der Waals surface area contributed by atoms with E-state index in [0.717, 1.165) is 5.57 Å². The zero-order chi connectivity index (χ0) is 11.6. The Morgan fingerprint density at radius 1 is 1.44 bits per heavy atom. The van der Waals surface area contributed by atoms with E-state index in [1.807, 2.05) is 13.8 Å². The molecule has 86 valence electrons. The smallest absolute Gasteiger partial charge is 0.214 e. The molecule has 1 aliphatic carbocycles. The maximum absolute atomic E-state index is 11.4. The molecule has 3 atom stereocenters. The molecule has 0 bridgehead atoms. The summed E-state index contributed by atoms with van der Waals surface area (Å²) >= 11 is 0. The van der Waals surface area contributed by atoms with Gasteiger partial charge in [-0.15, -0.1) is 0 Å². The quantitative estimate of drug-likeness (QED) is 0.620. The van der Waals surface area contributed by atoms with Crippen LogP contribution in [0.15, 0.2) is 23.8 Å². The van der Waals surface area contributed by atoms with Crippen LogP contribution in [0.25, 0.3) is 0 Å². The molecule has 0 saturated carbocycles. The summed E-state index contributed by atoms with van der Waals surface area (Å²) in [5.74, 6) is -0.963. The van der Waals surface area contributed by atoms with Gasteiger partial charge in [0.2, 0.25) is 5.79 Å². The Morgan fingerprint density at radius 2 is 2.19 bits per heavy atom. The Labute approximate surface area is 93.9 Å². The molecule has 0 aromatic heterocycles. The van der Waals surface area contributed by atoms with Crippen LogP contribution in [0.1, 0.15) is 13.8 Å². The van der Waals surface area contributed by atoms with Gasteiger partial charge in [-0.1, -0.05) is 0 Å². The second-order valence-corrected chi connectivity index (χ2v) is 4.89. The molecule has 2 saturated heterocycles. The number of carbonyl (C=O) groups is 1. The minimum atomic E-state index is -0.922. The number of methoxy groups -OCH3 is 1. The highest BCUT2D eigenvalue weighted by molar-refractivity contribution is 6.01. The lowest BCUT2D eigenvalue weighted by molar-refractivity contribution is -0.232. The monoisotopic (exact) mass is 222 g/mol. The first-order chi connectivity index (χ1) is 7.48. The molecule has 0 unspecified atom stereocenters. The molecule has 0 spiro atoms. The summed E-state index contributed by atoms with van der Waals surface area (Å²) in [5.41, 5.74) is 0.384. The highest BCUT2D eigenvalue weighted by Gasteiger charge is 2.64. The topological polar surface area (TPSA) is 48.1 Å². The lowest BCUT2D eigenvalue weighted by Gasteiger charge is -2.42. The van der Waals surface area contributed by atoms with E-state index < -0.39 is 11.4 Å². The van der Waals surface area contributed by atoms with Gasteiger partial charge >= 0.3 is 0 Å². The fraction of sp³-hybridized carbons (Fsp3) is 0.583. The summed E-state index contributed by atoms with van der Waals surface area (Å²) < 4.78 is 17.0. The third kappa shape index (κ3) is 1.18. The zero-order valence-electron chi connectivity index (χ0n) is 9.52. The summed E-state index contributed by atoms with van der Waals surface area (Å²) in [5, 5.41) is 0. The molecule has 0 aromatic carbocycles. The van der Waals surface area contributed by atoms with Crippen LogP contribution < -0.4 is 0 Å². The minimum absolute atomic E-state index is 0.0290. The van der Waals surface area contributed by atoms with E-state index in [-0.39, 0.29) is 18.0 Å². The van der Waals surface area contributed by atoms with Crippen molar-refractivity contribution in [2.45, 2.75) is 37.4 Å². The number of ether oxygens (including phenoxy) is 3. The van der Waals surface area contributed by atoms with Gasteiger partial charge in [0.15, 0.2) is 5.78 Å². The van der Waals surface area contributed by atoms with Crippen molar-refractivity contribution in [3.05, 3.63) is 23.8 Å². The van der Waals surface area contributed by atoms with E-state index >= 15 is 0 Å². The molecule has 0 radical (unpaired) electrons. The second-order valence-electron chi connectivity index (χ2n) is 4.89. The van der Waals surface area contributed by atoms with E-state index in [0.29, 0.717) is 0 Å². The fourth-order valence-electron chi connectivity index (χ4n) is 2.52. The average molecular weight is 222 g/mol. The Morgan fingerprint density at radius 3 is 2.88 bits per heavy atom. The number of fused-ring (bicyclic) bond motifs is 3. The summed E-state index contributed by atoms with van der Waals surface area (Å²) in [6.45, 7) is 3.94. The SMILES string of the molecule is CO[C@@]12C=CC(=O)C=C1[C@H]1O[C@H]1C(C)(C)O2. The van der Waals surface area contributed by atoms with E-state index in [2.05, 4.69) is 0 Å². The molecule has 0 N–H and O–H groups in total. The predicted octanol–water partition coefficient (Wildman–Crippen LogP) is 0.971. The average Bonchev–Trinajstić information content (AvgIpc) is 3.00. The molecule has 4 nitrogen and oxygen atoms in total. The van der Waals surface area contributed by atoms with Gasteiger partial charge < -0.3 is 14.2 Å². The van der Waals surface area contributed by atoms with E-state index in [9.17, 15) is 4.79 Å². The van der Waals surface area contributed by atoms with Crippen molar-refractivity contribution < 1.29 is 19.0 Å². The van der Waals surface area contributed by atoms with Gasteiger partial charge in [0.1, 0.15) is 12.2 Å². The number of hydrogen-bond acceptors (Lipinski definition) is 4. The van der Waals surface area contributed by atoms with Crippen molar-refractivity contribution in [1.82, 2.24) is 0 Å². The Kier molecular flexibility index (Phi) is 1.80. The van der Waals surface area contributed by atoms with E-state index in [1.165, 1.54) is 6.08 Å². The molecule has 3 rings (SSSR count). The number of rotatable bonds is 1. The van der Waals surface area contributed by atoms with Crippen molar-refractivity contribution in [2.24, 2.45) is 0 Å². The second kappa shape index (κ2) is 2.83. The van der Waals surface area contributed by atoms with Gasteiger partial charge in [0.25, 0.3) is 0 Å². The molecule has 2 heterocycles. The molecular formula is C12H14O4. The lowest BCUT2D eigenvalue weighted by atomic mass is 9.86. The van der Waals surface area contributed by atoms with E-state index in [4.69, 9.17) is 14.2 Å². The van der Waals surface area contributed by atoms with Crippen molar-refractivity contribution in [3.63, 3.8) is 0 Å². The first-order valence-corrected chi connectivity index (χ1v) is 5.34. The number of hydrogen-bond donors (Lipinski definition) is 0. The molecule has 2 fully saturated rings. The third-order valence-electron chi connectivity index (χ3n) is 3.37. The molecular weight excluding hydrogens is 208 g/mol. The lowest BCUT2D eigenvalue weighted by Crippen LogP contribution is -2.52. The molecule has 4 heteroatoms. The summed E-state index contributed by atoms with van der Waals surface area (Å²) in [7, 11) is 1.58. The van der Waals surface area contributed by atoms with Crippen LogP contribution in [-0.4, -0.2) is 36.5 Å². The van der Waals surface area contributed by atoms with Crippen molar-refractivity contribution >= 4 is 5.78 Å². The van der Waals surface area contributed by atoms with Gasteiger partial charge in [-0.3, -0.25) is 4.79 Å². The van der Waals surface area contributed by atoms with Gasteiger partial charge in [0.05, 0.1) is 5.60 Å². The minimum Gasteiger partial charge on any atom is -0.361 e. The Balaban J connectivity index is 2.07. The molecule has 2 aliphatic heterocycles. The number of epoxide rings is 1. The van der Waals surface area contributed by atoms with Crippen LogP contribution in [0.2, 0.25) is 0 Å². The molecule has 0 aromatic rings. The third-order valence-corrected chi connectivity index (χ3v) is 3.37.